The second kappa shape index (κ2) is 17.2. The molecule has 3 aromatic carbocycles. The number of rotatable bonds is 16. The molecule has 8 heteroatoms. The fraction of sp³-hybridized carbons (Fsp3) is 0.312. The lowest BCUT2D eigenvalue weighted by molar-refractivity contribution is -0.145. The van der Waals surface area contributed by atoms with Crippen LogP contribution in [0, 0.1) is 0 Å². The first-order chi connectivity index (χ1) is 19.5. The Morgan fingerprint density at radius 1 is 0.500 bits per heavy atom. The zero-order valence-electron chi connectivity index (χ0n) is 22.6. The van der Waals surface area contributed by atoms with Gasteiger partial charge in [0.25, 0.3) is 0 Å². The van der Waals surface area contributed by atoms with Crippen LogP contribution in [0.15, 0.2) is 84.9 Å². The van der Waals surface area contributed by atoms with Crippen molar-refractivity contribution in [2.45, 2.75) is 51.4 Å². The van der Waals surface area contributed by atoms with E-state index in [0.717, 1.165) is 25.7 Å². The van der Waals surface area contributed by atoms with Crippen molar-refractivity contribution in [2.24, 2.45) is 0 Å². The molecule has 8 nitrogen and oxygen atoms in total. The van der Waals surface area contributed by atoms with Gasteiger partial charge in [0.05, 0.1) is 26.1 Å². The summed E-state index contributed by atoms with van der Waals surface area (Å²) >= 11 is 0. The molecular formula is C32H36N2O6. The molecule has 0 unspecified atom stereocenters. The number of benzene rings is 3. The second-order valence-electron chi connectivity index (χ2n) is 9.29. The Bertz CT molecular complexity index is 1120. The summed E-state index contributed by atoms with van der Waals surface area (Å²) in [7, 11) is 0. The van der Waals surface area contributed by atoms with Crippen molar-refractivity contribution in [3.8, 4) is 0 Å². The number of carbonyl (C=O) groups is 4. The minimum absolute atomic E-state index is 0.000766. The molecule has 0 heterocycles. The van der Waals surface area contributed by atoms with E-state index in [9.17, 15) is 19.2 Å². The van der Waals surface area contributed by atoms with Crippen LogP contribution in [0.25, 0.3) is 0 Å². The number of anilines is 2. The van der Waals surface area contributed by atoms with E-state index in [2.05, 4.69) is 10.6 Å². The van der Waals surface area contributed by atoms with Crippen LogP contribution in [0.5, 0.6) is 0 Å². The van der Waals surface area contributed by atoms with Gasteiger partial charge in [-0.2, -0.15) is 0 Å². The topological polar surface area (TPSA) is 111 Å². The van der Waals surface area contributed by atoms with Crippen LogP contribution in [-0.2, 0) is 41.5 Å². The molecule has 0 aliphatic heterocycles. The van der Waals surface area contributed by atoms with E-state index in [1.165, 1.54) is 11.1 Å². The minimum Gasteiger partial charge on any atom is -0.466 e. The summed E-state index contributed by atoms with van der Waals surface area (Å²) < 4.78 is 10.4. The van der Waals surface area contributed by atoms with Gasteiger partial charge in [0.15, 0.2) is 0 Å². The van der Waals surface area contributed by atoms with Crippen molar-refractivity contribution in [3.05, 3.63) is 96.1 Å². The van der Waals surface area contributed by atoms with Crippen molar-refractivity contribution in [1.82, 2.24) is 0 Å². The molecule has 0 fully saturated rings. The molecule has 2 amide bonds. The Kier molecular flexibility index (Phi) is 12.9. The lowest BCUT2D eigenvalue weighted by Crippen LogP contribution is -2.16. The predicted octanol–water partition coefficient (Wildman–Crippen LogP) is 5.48. The van der Waals surface area contributed by atoms with E-state index < -0.39 is 11.9 Å². The van der Waals surface area contributed by atoms with Gasteiger partial charge in [0, 0.05) is 24.2 Å². The van der Waals surface area contributed by atoms with Crippen molar-refractivity contribution >= 4 is 35.1 Å². The number of ether oxygens (including phenoxy) is 2. The van der Waals surface area contributed by atoms with E-state index in [0.29, 0.717) is 24.6 Å². The molecule has 0 spiro atoms. The van der Waals surface area contributed by atoms with Crippen molar-refractivity contribution in [1.29, 1.82) is 0 Å². The highest BCUT2D eigenvalue weighted by Gasteiger charge is 2.10. The average molecular weight is 545 g/mol. The third-order valence-corrected chi connectivity index (χ3v) is 6.00. The van der Waals surface area contributed by atoms with E-state index >= 15 is 0 Å². The maximum atomic E-state index is 12.2. The molecule has 2 N–H and O–H groups in total. The van der Waals surface area contributed by atoms with Gasteiger partial charge in [-0.05, 0) is 61.1 Å². The molecule has 0 saturated heterocycles. The Balaban J connectivity index is 1.24. The number of esters is 2. The summed E-state index contributed by atoms with van der Waals surface area (Å²) in [4.78, 5) is 48.2. The van der Waals surface area contributed by atoms with Gasteiger partial charge in [-0.15, -0.1) is 0 Å². The first-order valence-electron chi connectivity index (χ1n) is 13.6. The van der Waals surface area contributed by atoms with Gasteiger partial charge in [-0.25, -0.2) is 0 Å². The van der Waals surface area contributed by atoms with Crippen LogP contribution >= 0.6 is 0 Å². The summed E-state index contributed by atoms with van der Waals surface area (Å²) in [6, 6.07) is 26.5. The molecule has 0 aliphatic carbocycles. The maximum absolute atomic E-state index is 12.2. The van der Waals surface area contributed by atoms with Gasteiger partial charge in [0.2, 0.25) is 11.8 Å². The van der Waals surface area contributed by atoms with Crippen LogP contribution in [0.3, 0.4) is 0 Å². The SMILES string of the molecule is O=C(CCC(=O)OCCCc1ccccc1)Nc1ccc(NC(=O)CCC(=O)OCCCc2ccccc2)cc1. The quantitative estimate of drug-likeness (QED) is 0.183. The van der Waals surface area contributed by atoms with Gasteiger partial charge in [-0.3, -0.25) is 19.2 Å². The average Bonchev–Trinajstić information content (AvgIpc) is 2.97. The van der Waals surface area contributed by atoms with Gasteiger partial charge in [0.1, 0.15) is 0 Å². The molecule has 3 rings (SSSR count). The van der Waals surface area contributed by atoms with Crippen LogP contribution in [-0.4, -0.2) is 37.0 Å². The largest absolute Gasteiger partial charge is 0.466 e. The van der Waals surface area contributed by atoms with E-state index in [-0.39, 0.29) is 37.5 Å². The number of aryl methyl sites for hydroxylation is 2. The lowest BCUT2D eigenvalue weighted by atomic mass is 10.1. The molecule has 0 bridgehead atoms. The zero-order chi connectivity index (χ0) is 28.4. The Morgan fingerprint density at radius 2 is 0.875 bits per heavy atom. The summed E-state index contributed by atoms with van der Waals surface area (Å²) in [5.74, 6) is -1.42. The van der Waals surface area contributed by atoms with Gasteiger partial charge in [-0.1, -0.05) is 60.7 Å². The standard InChI is InChI=1S/C32H36N2O6/c35-29(19-21-31(37)39-23-7-13-25-9-3-1-4-10-25)33-27-15-17-28(18-16-27)34-30(36)20-22-32(38)40-24-8-14-26-11-5-2-6-12-26/h1-6,9-12,15-18H,7-8,13-14,19-24H2,(H,33,35)(H,34,36). The Morgan fingerprint density at radius 3 is 1.25 bits per heavy atom. The molecular weight excluding hydrogens is 508 g/mol. The number of amides is 2. The fourth-order valence-corrected chi connectivity index (χ4v) is 3.87. The monoisotopic (exact) mass is 544 g/mol. The zero-order valence-corrected chi connectivity index (χ0v) is 22.6. The first-order valence-corrected chi connectivity index (χ1v) is 13.6. The third kappa shape index (κ3) is 12.4. The van der Waals surface area contributed by atoms with Crippen LogP contribution in [0.2, 0.25) is 0 Å². The smallest absolute Gasteiger partial charge is 0.306 e. The molecule has 210 valence electrons. The van der Waals surface area contributed by atoms with Crippen LogP contribution in [0.4, 0.5) is 11.4 Å². The first kappa shape index (κ1) is 30.1. The number of hydrogen-bond donors (Lipinski definition) is 2. The minimum atomic E-state index is -0.405. The Labute approximate surface area is 235 Å². The third-order valence-electron chi connectivity index (χ3n) is 6.00. The molecule has 0 aliphatic rings. The normalized spacial score (nSPS) is 10.4. The summed E-state index contributed by atoms with van der Waals surface area (Å²) in [6.45, 7) is 0.636. The number of nitrogens with one attached hydrogen (secondary N) is 2. The number of carbonyl (C=O) groups excluding carboxylic acids is 4. The predicted molar refractivity (Wildman–Crippen MR) is 154 cm³/mol. The lowest BCUT2D eigenvalue weighted by Gasteiger charge is -2.09. The number of hydrogen-bond acceptors (Lipinski definition) is 6. The van der Waals surface area contributed by atoms with E-state index in [4.69, 9.17) is 9.47 Å². The van der Waals surface area contributed by atoms with E-state index in [1.54, 1.807) is 24.3 Å². The molecule has 0 aromatic heterocycles. The molecule has 0 saturated carbocycles. The van der Waals surface area contributed by atoms with Crippen molar-refractivity contribution in [3.63, 3.8) is 0 Å². The van der Waals surface area contributed by atoms with E-state index in [1.807, 2.05) is 60.7 Å². The highest BCUT2D eigenvalue weighted by atomic mass is 16.5. The van der Waals surface area contributed by atoms with Crippen molar-refractivity contribution in [2.75, 3.05) is 23.8 Å². The maximum Gasteiger partial charge on any atom is 0.306 e. The Hall–Kier alpha value is -4.46. The highest BCUT2D eigenvalue weighted by Crippen LogP contribution is 2.15. The molecule has 40 heavy (non-hydrogen) atoms. The van der Waals surface area contributed by atoms with Gasteiger partial charge >= 0.3 is 11.9 Å². The summed E-state index contributed by atoms with van der Waals surface area (Å²) in [6.07, 6.45) is 3.13. The molecule has 3 aromatic rings. The molecule has 0 atom stereocenters. The summed E-state index contributed by atoms with van der Waals surface area (Å²) in [5.41, 5.74) is 3.46. The fourth-order valence-electron chi connectivity index (χ4n) is 3.87. The summed E-state index contributed by atoms with van der Waals surface area (Å²) in [5, 5.41) is 5.44. The second-order valence-corrected chi connectivity index (χ2v) is 9.29. The highest BCUT2D eigenvalue weighted by molar-refractivity contribution is 5.94. The molecule has 0 radical (unpaired) electrons. The van der Waals surface area contributed by atoms with Crippen LogP contribution in [0.1, 0.15) is 49.7 Å². The van der Waals surface area contributed by atoms with Crippen LogP contribution < -0.4 is 10.6 Å². The van der Waals surface area contributed by atoms with Crippen molar-refractivity contribution < 1.29 is 28.7 Å². The van der Waals surface area contributed by atoms with Gasteiger partial charge < -0.3 is 20.1 Å².